The normalized spacial score (nSPS) is 19.8. The molecule has 0 unspecified atom stereocenters. The third-order valence-corrected chi connectivity index (χ3v) is 6.87. The van der Waals surface area contributed by atoms with E-state index >= 15 is 0 Å². The highest BCUT2D eigenvalue weighted by molar-refractivity contribution is 7.99. The summed E-state index contributed by atoms with van der Waals surface area (Å²) in [5, 5.41) is 21.6. The zero-order valence-corrected chi connectivity index (χ0v) is 20.0. The van der Waals surface area contributed by atoms with Gasteiger partial charge in [0.15, 0.2) is 6.29 Å². The highest BCUT2D eigenvalue weighted by atomic mass is 32.2. The average Bonchev–Trinajstić information content (AvgIpc) is 2.87. The fraction of sp³-hybridized carbons (Fsp3) is 0.259. The molecule has 35 heavy (non-hydrogen) atoms. The van der Waals surface area contributed by atoms with E-state index in [9.17, 15) is 19.8 Å². The first-order valence-electron chi connectivity index (χ1n) is 11.3. The van der Waals surface area contributed by atoms with Gasteiger partial charge in [-0.1, -0.05) is 48.5 Å². The van der Waals surface area contributed by atoms with Crippen LogP contribution >= 0.6 is 11.8 Å². The van der Waals surface area contributed by atoms with Crippen molar-refractivity contribution < 1.29 is 29.3 Å². The third-order valence-electron chi connectivity index (χ3n) is 5.66. The molecule has 182 valence electrons. The third kappa shape index (κ3) is 6.49. The molecular weight excluding hydrogens is 466 g/mol. The van der Waals surface area contributed by atoms with Gasteiger partial charge in [0.25, 0.3) is 0 Å². The summed E-state index contributed by atoms with van der Waals surface area (Å²) >= 11 is 1.45. The fourth-order valence-corrected chi connectivity index (χ4v) is 4.97. The number of hydrogen-bond acceptors (Lipinski definition) is 6. The molecule has 8 heteroatoms. The maximum atomic E-state index is 11.6. The second-order valence-corrected chi connectivity index (χ2v) is 9.33. The van der Waals surface area contributed by atoms with E-state index in [0.29, 0.717) is 22.8 Å². The van der Waals surface area contributed by atoms with Crippen LogP contribution in [0.4, 0.5) is 5.69 Å². The number of nitrogens with one attached hydrogen (secondary N) is 1. The van der Waals surface area contributed by atoms with E-state index in [1.165, 1.54) is 18.7 Å². The van der Waals surface area contributed by atoms with Gasteiger partial charge in [0.2, 0.25) is 5.91 Å². The summed E-state index contributed by atoms with van der Waals surface area (Å²) in [5.41, 5.74) is 3.57. The number of anilines is 1. The summed E-state index contributed by atoms with van der Waals surface area (Å²) < 4.78 is 12.6. The Morgan fingerprint density at radius 3 is 2.31 bits per heavy atom. The predicted octanol–water partition coefficient (Wildman–Crippen LogP) is 5.17. The summed E-state index contributed by atoms with van der Waals surface area (Å²) in [7, 11) is 0. The number of aliphatic hydroxyl groups excluding tert-OH is 1. The minimum atomic E-state index is -0.958. The van der Waals surface area contributed by atoms with Crippen LogP contribution in [0.3, 0.4) is 0 Å². The molecule has 1 aliphatic heterocycles. The molecule has 0 spiro atoms. The van der Waals surface area contributed by atoms with Crippen molar-refractivity contribution in [3.05, 3.63) is 95.1 Å². The molecular formula is C27H27NO6S. The van der Waals surface area contributed by atoms with Crippen molar-refractivity contribution in [2.45, 2.75) is 43.3 Å². The van der Waals surface area contributed by atoms with Crippen LogP contribution in [-0.2, 0) is 20.9 Å². The highest BCUT2D eigenvalue weighted by Crippen LogP contribution is 2.40. The van der Waals surface area contributed by atoms with Crippen molar-refractivity contribution in [2.24, 2.45) is 0 Å². The van der Waals surface area contributed by atoms with Crippen molar-refractivity contribution in [3.8, 4) is 0 Å². The van der Waals surface area contributed by atoms with E-state index in [1.54, 1.807) is 30.3 Å². The number of carboxylic acids is 1. The summed E-state index contributed by atoms with van der Waals surface area (Å²) in [6.07, 6.45) is -0.464. The summed E-state index contributed by atoms with van der Waals surface area (Å²) in [6.45, 7) is 1.43. The van der Waals surface area contributed by atoms with Crippen molar-refractivity contribution in [1.82, 2.24) is 0 Å². The smallest absolute Gasteiger partial charge is 0.336 e. The predicted molar refractivity (Wildman–Crippen MR) is 133 cm³/mol. The van der Waals surface area contributed by atoms with Gasteiger partial charge in [0, 0.05) is 35.2 Å². The molecule has 3 N–H and O–H groups in total. The number of rotatable bonds is 8. The molecule has 7 nitrogen and oxygen atoms in total. The van der Waals surface area contributed by atoms with Crippen LogP contribution in [-0.4, -0.2) is 33.9 Å². The number of carbonyl (C=O) groups excluding carboxylic acids is 1. The number of aromatic carboxylic acids is 1. The summed E-state index contributed by atoms with van der Waals surface area (Å²) in [4.78, 5) is 23.6. The number of amides is 1. The molecule has 0 aliphatic carbocycles. The molecule has 0 radical (unpaired) electrons. The number of carbonyl (C=O) groups is 2. The number of ether oxygens (including phenoxy) is 2. The summed E-state index contributed by atoms with van der Waals surface area (Å²) in [5.74, 6) is -0.549. The van der Waals surface area contributed by atoms with Crippen LogP contribution in [0.25, 0.3) is 0 Å². The van der Waals surface area contributed by atoms with Crippen molar-refractivity contribution in [3.63, 3.8) is 0 Å². The lowest BCUT2D eigenvalue weighted by Gasteiger charge is -2.36. The van der Waals surface area contributed by atoms with Gasteiger partial charge in [-0.25, -0.2) is 4.79 Å². The van der Waals surface area contributed by atoms with Gasteiger partial charge in [0.05, 0.1) is 24.4 Å². The first-order valence-corrected chi connectivity index (χ1v) is 12.2. The van der Waals surface area contributed by atoms with Crippen LogP contribution in [0.1, 0.15) is 52.8 Å². The second-order valence-electron chi connectivity index (χ2n) is 8.27. The Hall–Kier alpha value is -3.17. The van der Waals surface area contributed by atoms with E-state index < -0.39 is 12.3 Å². The largest absolute Gasteiger partial charge is 0.478 e. The molecule has 0 bridgehead atoms. The average molecular weight is 494 g/mol. The molecule has 3 aromatic rings. The van der Waals surface area contributed by atoms with Crippen molar-refractivity contribution in [1.29, 1.82) is 0 Å². The minimum absolute atomic E-state index is 0.0273. The molecule has 3 atom stereocenters. The molecule has 1 fully saturated rings. The number of carboxylic acid groups (broad SMARTS) is 1. The zero-order chi connectivity index (χ0) is 24.8. The lowest BCUT2D eigenvalue weighted by atomic mass is 10.0. The van der Waals surface area contributed by atoms with Gasteiger partial charge in [0.1, 0.15) is 0 Å². The Kier molecular flexibility index (Phi) is 8.20. The van der Waals surface area contributed by atoms with E-state index in [0.717, 1.165) is 16.7 Å². The Labute approximate surface area is 208 Å². The van der Waals surface area contributed by atoms with Gasteiger partial charge in [-0.05, 0) is 35.4 Å². The minimum Gasteiger partial charge on any atom is -0.478 e. The molecule has 0 aromatic heterocycles. The fourth-order valence-electron chi connectivity index (χ4n) is 3.90. The molecule has 1 amide bonds. The zero-order valence-electron chi connectivity index (χ0n) is 19.2. The Balaban J connectivity index is 1.54. The van der Waals surface area contributed by atoms with Crippen molar-refractivity contribution in [2.75, 3.05) is 11.1 Å². The SMILES string of the molecule is CC(=O)Nc1ccc([C@@H]2O[C@H](CSc3ccccc3C(=O)O)C[C@H](c3ccc(CO)cc3)O2)cc1. The van der Waals surface area contributed by atoms with Crippen LogP contribution in [0.5, 0.6) is 0 Å². The lowest BCUT2D eigenvalue weighted by Crippen LogP contribution is -2.31. The maximum absolute atomic E-state index is 11.6. The van der Waals surface area contributed by atoms with Gasteiger partial charge in [-0.15, -0.1) is 11.8 Å². The quantitative estimate of drug-likeness (QED) is 0.372. The van der Waals surface area contributed by atoms with Crippen LogP contribution < -0.4 is 5.32 Å². The molecule has 3 aromatic carbocycles. The topological polar surface area (TPSA) is 105 Å². The number of hydrogen-bond donors (Lipinski definition) is 3. The Morgan fingerprint density at radius 2 is 1.66 bits per heavy atom. The van der Waals surface area contributed by atoms with E-state index in [4.69, 9.17) is 9.47 Å². The van der Waals surface area contributed by atoms with E-state index in [1.807, 2.05) is 42.5 Å². The van der Waals surface area contributed by atoms with Gasteiger partial charge < -0.3 is 25.0 Å². The monoisotopic (exact) mass is 493 g/mol. The van der Waals surface area contributed by atoms with Crippen LogP contribution in [0.2, 0.25) is 0 Å². The van der Waals surface area contributed by atoms with E-state index in [2.05, 4.69) is 5.32 Å². The molecule has 1 saturated heterocycles. The highest BCUT2D eigenvalue weighted by Gasteiger charge is 2.32. The summed E-state index contributed by atoms with van der Waals surface area (Å²) in [6, 6.07) is 21.9. The molecule has 1 heterocycles. The van der Waals surface area contributed by atoms with Crippen LogP contribution in [0.15, 0.2) is 77.7 Å². The second kappa shape index (κ2) is 11.5. The lowest BCUT2D eigenvalue weighted by molar-refractivity contribution is -0.245. The maximum Gasteiger partial charge on any atom is 0.336 e. The van der Waals surface area contributed by atoms with Crippen LogP contribution in [0, 0.1) is 0 Å². The first kappa shape index (κ1) is 24.9. The Bertz CT molecular complexity index is 1170. The molecule has 4 rings (SSSR count). The van der Waals surface area contributed by atoms with Gasteiger partial charge in [-0.2, -0.15) is 0 Å². The number of thioether (sulfide) groups is 1. The first-order chi connectivity index (χ1) is 16.9. The van der Waals surface area contributed by atoms with E-state index in [-0.39, 0.29) is 30.3 Å². The van der Waals surface area contributed by atoms with Gasteiger partial charge in [-0.3, -0.25) is 4.79 Å². The number of benzene rings is 3. The standard InChI is InChI=1S/C27H27NO6S/c1-17(30)28-21-12-10-20(11-13-21)27-33-22(16-35-25-5-3-2-4-23(25)26(31)32)14-24(34-27)19-8-6-18(15-29)7-9-19/h2-13,22,24,27,29H,14-16H2,1H3,(H,28,30)(H,31,32)/t22-,24+,27+/m0/s1. The van der Waals surface area contributed by atoms with Crippen molar-refractivity contribution >= 4 is 29.3 Å². The molecule has 0 saturated carbocycles. The molecule has 1 aliphatic rings. The number of aliphatic hydroxyl groups is 1. The van der Waals surface area contributed by atoms with Gasteiger partial charge >= 0.3 is 5.97 Å². The Morgan fingerprint density at radius 1 is 0.971 bits per heavy atom.